The van der Waals surface area contributed by atoms with Crippen LogP contribution in [0.25, 0.3) is 0 Å². The fourth-order valence-corrected chi connectivity index (χ4v) is 2.20. The van der Waals surface area contributed by atoms with E-state index in [-0.39, 0.29) is 6.61 Å². The SMILES string of the molecule is CCOC(=O)[C@H](O)[C@H](Nc1ccc(C)cc1)c1ccccc1. The lowest BCUT2D eigenvalue weighted by Gasteiger charge is -2.24. The van der Waals surface area contributed by atoms with E-state index >= 15 is 0 Å². The molecule has 2 rings (SSSR count). The molecule has 22 heavy (non-hydrogen) atoms. The second-order valence-corrected chi connectivity index (χ2v) is 5.10. The lowest BCUT2D eigenvalue weighted by Crippen LogP contribution is -2.34. The van der Waals surface area contributed by atoms with E-state index in [1.807, 2.05) is 61.5 Å². The monoisotopic (exact) mass is 299 g/mol. The van der Waals surface area contributed by atoms with E-state index in [4.69, 9.17) is 4.74 Å². The van der Waals surface area contributed by atoms with Gasteiger partial charge in [0.05, 0.1) is 12.6 Å². The maximum absolute atomic E-state index is 11.9. The van der Waals surface area contributed by atoms with Crippen LogP contribution in [0, 0.1) is 6.92 Å². The van der Waals surface area contributed by atoms with Gasteiger partial charge in [0.2, 0.25) is 0 Å². The number of esters is 1. The molecule has 2 aromatic rings. The summed E-state index contributed by atoms with van der Waals surface area (Å²) in [5.41, 5.74) is 2.80. The molecule has 2 atom stereocenters. The minimum absolute atomic E-state index is 0.238. The van der Waals surface area contributed by atoms with E-state index in [0.717, 1.165) is 16.8 Å². The van der Waals surface area contributed by atoms with Crippen molar-refractivity contribution < 1.29 is 14.6 Å². The number of carbonyl (C=O) groups is 1. The molecule has 116 valence electrons. The molecule has 0 radical (unpaired) electrons. The fraction of sp³-hybridized carbons (Fsp3) is 0.278. The van der Waals surface area contributed by atoms with Gasteiger partial charge in [-0.2, -0.15) is 0 Å². The standard InChI is InChI=1S/C18H21NO3/c1-3-22-18(21)17(20)16(14-7-5-4-6-8-14)19-15-11-9-13(2)10-12-15/h4-12,16-17,19-20H,3H2,1-2H3/t16-,17-/m1/s1. The summed E-state index contributed by atoms with van der Waals surface area (Å²) in [6, 6.07) is 16.6. The largest absolute Gasteiger partial charge is 0.464 e. The van der Waals surface area contributed by atoms with Crippen LogP contribution in [0.5, 0.6) is 0 Å². The summed E-state index contributed by atoms with van der Waals surface area (Å²) in [6.07, 6.45) is -1.27. The highest BCUT2D eigenvalue weighted by atomic mass is 16.5. The average molecular weight is 299 g/mol. The molecule has 0 aliphatic rings. The first kappa shape index (κ1) is 16.0. The number of rotatable bonds is 6. The van der Waals surface area contributed by atoms with Crippen molar-refractivity contribution in [2.24, 2.45) is 0 Å². The third kappa shape index (κ3) is 4.09. The lowest BCUT2D eigenvalue weighted by atomic mass is 10.0. The van der Waals surface area contributed by atoms with Crippen molar-refractivity contribution >= 4 is 11.7 Å². The van der Waals surface area contributed by atoms with Gasteiger partial charge in [-0.05, 0) is 31.5 Å². The summed E-state index contributed by atoms with van der Waals surface area (Å²) in [4.78, 5) is 11.9. The minimum Gasteiger partial charge on any atom is -0.464 e. The maximum Gasteiger partial charge on any atom is 0.337 e. The van der Waals surface area contributed by atoms with E-state index < -0.39 is 18.1 Å². The quantitative estimate of drug-likeness (QED) is 0.805. The lowest BCUT2D eigenvalue weighted by molar-refractivity contribution is -0.153. The first-order valence-electron chi connectivity index (χ1n) is 7.34. The molecule has 4 nitrogen and oxygen atoms in total. The molecular weight excluding hydrogens is 278 g/mol. The maximum atomic E-state index is 11.9. The zero-order chi connectivity index (χ0) is 15.9. The molecule has 0 aliphatic carbocycles. The van der Waals surface area contributed by atoms with Crippen LogP contribution in [-0.2, 0) is 9.53 Å². The zero-order valence-electron chi connectivity index (χ0n) is 12.8. The number of aliphatic hydroxyl groups is 1. The molecule has 0 spiro atoms. The Labute approximate surface area is 130 Å². The molecular formula is C18H21NO3. The Morgan fingerprint density at radius 2 is 1.77 bits per heavy atom. The van der Waals surface area contributed by atoms with Gasteiger partial charge in [0, 0.05) is 5.69 Å². The molecule has 0 unspecified atom stereocenters. The van der Waals surface area contributed by atoms with Crippen molar-refractivity contribution in [1.29, 1.82) is 0 Å². The molecule has 0 heterocycles. The van der Waals surface area contributed by atoms with E-state index in [1.165, 1.54) is 0 Å². The molecule has 2 aromatic carbocycles. The van der Waals surface area contributed by atoms with Crippen LogP contribution in [0.3, 0.4) is 0 Å². The van der Waals surface area contributed by atoms with Gasteiger partial charge in [-0.25, -0.2) is 4.79 Å². The Balaban J connectivity index is 2.25. The van der Waals surface area contributed by atoms with Crippen LogP contribution in [0.15, 0.2) is 54.6 Å². The summed E-state index contributed by atoms with van der Waals surface area (Å²) in [5.74, 6) is -0.629. The number of aliphatic hydroxyl groups excluding tert-OH is 1. The Hall–Kier alpha value is -2.33. The molecule has 0 aliphatic heterocycles. The number of hydrogen-bond acceptors (Lipinski definition) is 4. The van der Waals surface area contributed by atoms with Crippen LogP contribution >= 0.6 is 0 Å². The van der Waals surface area contributed by atoms with E-state index in [2.05, 4.69) is 5.32 Å². The highest BCUT2D eigenvalue weighted by molar-refractivity contribution is 5.76. The number of nitrogens with one attached hydrogen (secondary N) is 1. The van der Waals surface area contributed by atoms with Gasteiger partial charge < -0.3 is 15.2 Å². The minimum atomic E-state index is -1.27. The zero-order valence-corrected chi connectivity index (χ0v) is 12.8. The second kappa shape index (κ2) is 7.61. The average Bonchev–Trinajstić information content (AvgIpc) is 2.55. The normalized spacial score (nSPS) is 13.2. The Bertz CT molecular complexity index is 595. The number of aryl methyl sites for hydroxylation is 1. The molecule has 2 N–H and O–H groups in total. The van der Waals surface area contributed by atoms with E-state index in [9.17, 15) is 9.90 Å². The summed E-state index contributed by atoms with van der Waals surface area (Å²) in [5, 5.41) is 13.6. The molecule has 0 fully saturated rings. The molecule has 0 bridgehead atoms. The second-order valence-electron chi connectivity index (χ2n) is 5.10. The van der Waals surface area contributed by atoms with Crippen molar-refractivity contribution in [2.45, 2.75) is 26.0 Å². The fourth-order valence-electron chi connectivity index (χ4n) is 2.20. The first-order chi connectivity index (χ1) is 10.6. The topological polar surface area (TPSA) is 58.6 Å². The molecule has 4 heteroatoms. The van der Waals surface area contributed by atoms with Gasteiger partial charge >= 0.3 is 5.97 Å². The highest BCUT2D eigenvalue weighted by Crippen LogP contribution is 2.24. The van der Waals surface area contributed by atoms with E-state index in [0.29, 0.717) is 0 Å². The molecule has 0 aromatic heterocycles. The number of ether oxygens (including phenoxy) is 1. The molecule has 0 amide bonds. The summed E-state index contributed by atoms with van der Waals surface area (Å²) >= 11 is 0. The van der Waals surface area contributed by atoms with Gasteiger partial charge in [0.1, 0.15) is 0 Å². The number of hydrogen-bond donors (Lipinski definition) is 2. The third-order valence-electron chi connectivity index (χ3n) is 3.38. The van der Waals surface area contributed by atoms with Gasteiger partial charge in [0.25, 0.3) is 0 Å². The molecule has 0 saturated heterocycles. The Morgan fingerprint density at radius 1 is 1.14 bits per heavy atom. The van der Waals surface area contributed by atoms with Gasteiger partial charge in [0.15, 0.2) is 6.10 Å². The third-order valence-corrected chi connectivity index (χ3v) is 3.38. The summed E-state index contributed by atoms with van der Waals surface area (Å²) in [7, 11) is 0. The van der Waals surface area contributed by atoms with Crippen LogP contribution in [0.1, 0.15) is 24.1 Å². The number of benzene rings is 2. The van der Waals surface area contributed by atoms with Crippen LogP contribution in [0.2, 0.25) is 0 Å². The van der Waals surface area contributed by atoms with Crippen molar-refractivity contribution in [3.05, 3.63) is 65.7 Å². The van der Waals surface area contributed by atoms with Gasteiger partial charge in [-0.1, -0.05) is 48.0 Å². The van der Waals surface area contributed by atoms with Crippen LogP contribution in [-0.4, -0.2) is 23.8 Å². The van der Waals surface area contributed by atoms with Crippen molar-refractivity contribution in [2.75, 3.05) is 11.9 Å². The van der Waals surface area contributed by atoms with Crippen LogP contribution < -0.4 is 5.32 Å². The van der Waals surface area contributed by atoms with Crippen LogP contribution in [0.4, 0.5) is 5.69 Å². The highest BCUT2D eigenvalue weighted by Gasteiger charge is 2.28. The van der Waals surface area contributed by atoms with Gasteiger partial charge in [-0.15, -0.1) is 0 Å². The predicted octanol–water partition coefficient (Wildman–Crippen LogP) is 3.07. The van der Waals surface area contributed by atoms with E-state index in [1.54, 1.807) is 6.92 Å². The first-order valence-corrected chi connectivity index (χ1v) is 7.34. The van der Waals surface area contributed by atoms with Crippen molar-refractivity contribution in [1.82, 2.24) is 0 Å². The summed E-state index contributed by atoms with van der Waals surface area (Å²) < 4.78 is 4.93. The predicted molar refractivity (Wildman–Crippen MR) is 86.6 cm³/mol. The van der Waals surface area contributed by atoms with Crippen molar-refractivity contribution in [3.8, 4) is 0 Å². The van der Waals surface area contributed by atoms with Gasteiger partial charge in [-0.3, -0.25) is 0 Å². The number of carbonyl (C=O) groups excluding carboxylic acids is 1. The molecule has 0 saturated carbocycles. The Kier molecular flexibility index (Phi) is 5.55. The summed E-state index contributed by atoms with van der Waals surface area (Å²) in [6.45, 7) is 3.96. The Morgan fingerprint density at radius 3 is 2.36 bits per heavy atom. The number of anilines is 1. The van der Waals surface area contributed by atoms with Crippen molar-refractivity contribution in [3.63, 3.8) is 0 Å². The smallest absolute Gasteiger partial charge is 0.337 e.